The first-order valence-electron chi connectivity index (χ1n) is 8.84. The van der Waals surface area contributed by atoms with Crippen molar-refractivity contribution in [1.82, 2.24) is 9.97 Å². The van der Waals surface area contributed by atoms with Crippen LogP contribution in [-0.2, 0) is 4.79 Å². The second-order valence-electron chi connectivity index (χ2n) is 6.85. The zero-order valence-corrected chi connectivity index (χ0v) is 18.3. The molecular weight excluding hydrogens is 370 g/mol. The number of carbonyl (C=O) groups excluding carboxylic acids is 1. The summed E-state index contributed by atoms with van der Waals surface area (Å²) in [6, 6.07) is 12.2. The van der Waals surface area contributed by atoms with Gasteiger partial charge in [0.05, 0.1) is 11.2 Å². The van der Waals surface area contributed by atoms with E-state index in [-0.39, 0.29) is 69.0 Å². The summed E-state index contributed by atoms with van der Waals surface area (Å²) in [6.07, 6.45) is 4.45. The molecule has 1 saturated carbocycles. The molecule has 0 aliphatic heterocycles. The molecular formula is C21H18FKN2O2. The predicted molar refractivity (Wildman–Crippen MR) is 94.6 cm³/mol. The van der Waals surface area contributed by atoms with Crippen LogP contribution >= 0.6 is 0 Å². The first-order chi connectivity index (χ1) is 12.6. The minimum Gasteiger partial charge on any atom is -0.550 e. The summed E-state index contributed by atoms with van der Waals surface area (Å²) in [5.74, 6) is -1.44. The normalized spacial score (nSPS) is 19.4. The summed E-state index contributed by atoms with van der Waals surface area (Å²) in [5, 5.41) is 12.0. The van der Waals surface area contributed by atoms with Crippen molar-refractivity contribution in [2.24, 2.45) is 5.92 Å². The number of benzene rings is 1. The minimum absolute atomic E-state index is 0. The molecule has 2 heterocycles. The van der Waals surface area contributed by atoms with Crippen LogP contribution in [0.4, 0.5) is 4.39 Å². The molecule has 1 aliphatic rings. The summed E-state index contributed by atoms with van der Waals surface area (Å²) >= 11 is 0. The van der Waals surface area contributed by atoms with E-state index in [9.17, 15) is 14.3 Å². The van der Waals surface area contributed by atoms with Gasteiger partial charge in [0.2, 0.25) is 0 Å². The number of nitrogens with zero attached hydrogens (tertiary/aromatic N) is 2. The number of aromatic nitrogens is 2. The maximum atomic E-state index is 13.7. The topological polar surface area (TPSA) is 65.9 Å². The van der Waals surface area contributed by atoms with E-state index in [1.165, 1.54) is 12.1 Å². The molecule has 1 aliphatic carbocycles. The van der Waals surface area contributed by atoms with Crippen molar-refractivity contribution >= 4 is 16.9 Å². The van der Waals surface area contributed by atoms with Gasteiger partial charge in [-0.25, -0.2) is 4.39 Å². The smallest absolute Gasteiger partial charge is 0.550 e. The quantitative estimate of drug-likeness (QED) is 0.612. The van der Waals surface area contributed by atoms with Gasteiger partial charge in [-0.05, 0) is 55.9 Å². The summed E-state index contributed by atoms with van der Waals surface area (Å²) in [5.41, 5.74) is 3.02. The van der Waals surface area contributed by atoms with Crippen LogP contribution in [0.15, 0.2) is 48.7 Å². The van der Waals surface area contributed by atoms with Crippen LogP contribution in [0.1, 0.15) is 37.3 Å². The van der Waals surface area contributed by atoms with Gasteiger partial charge < -0.3 is 9.90 Å². The van der Waals surface area contributed by atoms with Crippen molar-refractivity contribution in [2.45, 2.75) is 31.6 Å². The third-order valence-corrected chi connectivity index (χ3v) is 5.18. The van der Waals surface area contributed by atoms with E-state index < -0.39 is 5.97 Å². The van der Waals surface area contributed by atoms with Gasteiger partial charge in [0, 0.05) is 34.7 Å². The average molecular weight is 388 g/mol. The predicted octanol–water partition coefficient (Wildman–Crippen LogP) is 0.464. The Morgan fingerprint density at radius 1 is 1.07 bits per heavy atom. The Morgan fingerprint density at radius 2 is 1.85 bits per heavy atom. The monoisotopic (exact) mass is 388 g/mol. The molecule has 6 heteroatoms. The molecule has 4 nitrogen and oxygen atoms in total. The van der Waals surface area contributed by atoms with E-state index in [1.54, 1.807) is 12.3 Å². The fourth-order valence-electron chi connectivity index (χ4n) is 3.78. The molecule has 27 heavy (non-hydrogen) atoms. The number of carboxylic acids is 1. The maximum absolute atomic E-state index is 13.7. The molecule has 3 aromatic rings. The second kappa shape index (κ2) is 8.88. The molecule has 0 atom stereocenters. The fourth-order valence-corrected chi connectivity index (χ4v) is 3.78. The van der Waals surface area contributed by atoms with Gasteiger partial charge >= 0.3 is 51.4 Å². The van der Waals surface area contributed by atoms with E-state index in [4.69, 9.17) is 4.98 Å². The number of aliphatic carboxylic acids is 1. The number of fused-ring (bicyclic) bond motifs is 1. The molecule has 132 valence electrons. The van der Waals surface area contributed by atoms with Crippen LogP contribution < -0.4 is 56.5 Å². The molecule has 0 amide bonds. The van der Waals surface area contributed by atoms with Gasteiger partial charge in [-0.1, -0.05) is 18.2 Å². The fraction of sp³-hybridized carbons (Fsp3) is 0.286. The molecule has 0 spiro atoms. The van der Waals surface area contributed by atoms with E-state index in [1.807, 2.05) is 24.3 Å². The Kier molecular flexibility index (Phi) is 6.76. The summed E-state index contributed by atoms with van der Waals surface area (Å²) in [7, 11) is 0. The van der Waals surface area contributed by atoms with Gasteiger partial charge in [-0.2, -0.15) is 0 Å². The Morgan fingerprint density at radius 3 is 2.56 bits per heavy atom. The van der Waals surface area contributed by atoms with Crippen molar-refractivity contribution < 1.29 is 65.7 Å². The van der Waals surface area contributed by atoms with Gasteiger partial charge in [-0.3, -0.25) is 9.97 Å². The van der Waals surface area contributed by atoms with E-state index in [0.717, 1.165) is 29.4 Å². The van der Waals surface area contributed by atoms with Crippen LogP contribution in [-0.4, -0.2) is 15.9 Å². The molecule has 0 saturated heterocycles. The second-order valence-corrected chi connectivity index (χ2v) is 6.85. The summed E-state index contributed by atoms with van der Waals surface area (Å²) in [6.45, 7) is 0. The summed E-state index contributed by atoms with van der Waals surface area (Å²) in [4.78, 5) is 20.3. The number of hydrogen-bond acceptors (Lipinski definition) is 4. The number of halogens is 1. The first-order valence-corrected chi connectivity index (χ1v) is 8.84. The van der Waals surface area contributed by atoms with Crippen LogP contribution in [0, 0.1) is 11.7 Å². The van der Waals surface area contributed by atoms with Gasteiger partial charge in [0.15, 0.2) is 0 Å². The van der Waals surface area contributed by atoms with Crippen molar-refractivity contribution in [1.29, 1.82) is 0 Å². The standard InChI is InChI=1S/C21H19FN2O2.K/c22-17-5-1-3-15(11-17)20-19-16(4-2-10-23-19)12-18(24-20)13-6-8-14(9-7-13)21(25)26;/h1-5,10-14H,6-9H2,(H,25,26);/q;+1/p-1. The maximum Gasteiger partial charge on any atom is 1.00 e. The first kappa shape index (κ1) is 20.5. The van der Waals surface area contributed by atoms with Crippen molar-refractivity contribution in [3.63, 3.8) is 0 Å². The Balaban J connectivity index is 0.00000210. The number of pyridine rings is 2. The van der Waals surface area contributed by atoms with Gasteiger partial charge in [-0.15, -0.1) is 0 Å². The third kappa shape index (κ3) is 4.46. The van der Waals surface area contributed by atoms with Crippen LogP contribution in [0.2, 0.25) is 0 Å². The third-order valence-electron chi connectivity index (χ3n) is 5.18. The number of carboxylic acid groups (broad SMARTS) is 1. The number of rotatable bonds is 3. The SMILES string of the molecule is O=C([O-])C1CCC(c2cc3cccnc3c(-c3cccc(F)c3)n2)CC1.[K+]. The number of carbonyl (C=O) groups is 1. The van der Waals surface area contributed by atoms with E-state index in [2.05, 4.69) is 4.98 Å². The zero-order chi connectivity index (χ0) is 18.1. The minimum atomic E-state index is -0.959. The van der Waals surface area contributed by atoms with Gasteiger partial charge in [0.1, 0.15) is 5.82 Å². The largest absolute Gasteiger partial charge is 1.00 e. The van der Waals surface area contributed by atoms with E-state index >= 15 is 0 Å². The zero-order valence-electron chi connectivity index (χ0n) is 15.2. The van der Waals surface area contributed by atoms with Crippen molar-refractivity contribution in [3.05, 3.63) is 60.2 Å². The summed E-state index contributed by atoms with van der Waals surface area (Å²) < 4.78 is 13.7. The molecule has 0 unspecified atom stereocenters. The van der Waals surface area contributed by atoms with Gasteiger partial charge in [0.25, 0.3) is 0 Å². The van der Waals surface area contributed by atoms with Crippen LogP contribution in [0.25, 0.3) is 22.2 Å². The van der Waals surface area contributed by atoms with Crippen molar-refractivity contribution in [3.8, 4) is 11.3 Å². The Bertz CT molecular complexity index is 971. The Hall–Kier alpha value is -1.18. The molecule has 2 aromatic heterocycles. The number of hydrogen-bond donors (Lipinski definition) is 0. The molecule has 1 aromatic carbocycles. The average Bonchev–Trinajstić information content (AvgIpc) is 2.67. The molecule has 0 N–H and O–H groups in total. The molecule has 1 fully saturated rings. The van der Waals surface area contributed by atoms with Crippen molar-refractivity contribution in [2.75, 3.05) is 0 Å². The van der Waals surface area contributed by atoms with E-state index in [0.29, 0.717) is 24.1 Å². The molecule has 4 rings (SSSR count). The molecule has 0 bridgehead atoms. The Labute approximate surface area is 199 Å². The molecule has 0 radical (unpaired) electrons. The van der Waals surface area contributed by atoms with Crippen LogP contribution in [0.3, 0.4) is 0 Å². The van der Waals surface area contributed by atoms with Crippen LogP contribution in [0.5, 0.6) is 0 Å².